The van der Waals surface area contributed by atoms with Crippen molar-refractivity contribution in [3.05, 3.63) is 28.8 Å². The van der Waals surface area contributed by atoms with E-state index in [-0.39, 0.29) is 12.0 Å². The van der Waals surface area contributed by atoms with Crippen LogP contribution in [0.2, 0.25) is 5.02 Å². The van der Waals surface area contributed by atoms with Gasteiger partial charge in [0.1, 0.15) is 5.75 Å². The molecule has 1 spiro atoms. The van der Waals surface area contributed by atoms with Gasteiger partial charge in [-0.05, 0) is 62.1 Å². The summed E-state index contributed by atoms with van der Waals surface area (Å²) in [6.45, 7) is 3.32. The number of hydrogen-bond acceptors (Lipinski definition) is 3. The van der Waals surface area contributed by atoms with Crippen LogP contribution in [0.1, 0.15) is 43.0 Å². The largest absolute Gasteiger partial charge is 0.491 e. The topological polar surface area (TPSA) is 70.1 Å². The zero-order valence-electron chi connectivity index (χ0n) is 16.1. The summed E-state index contributed by atoms with van der Waals surface area (Å²) in [6.07, 6.45) is 3.23. The summed E-state index contributed by atoms with van der Waals surface area (Å²) in [4.78, 5) is 26.1. The predicted molar refractivity (Wildman–Crippen MR) is 104 cm³/mol. The van der Waals surface area contributed by atoms with E-state index in [0.29, 0.717) is 40.8 Å². The van der Waals surface area contributed by atoms with E-state index in [9.17, 15) is 9.59 Å². The van der Waals surface area contributed by atoms with Gasteiger partial charge in [-0.1, -0.05) is 11.6 Å². The molecule has 27 heavy (non-hydrogen) atoms. The lowest BCUT2D eigenvalue weighted by Crippen LogP contribution is -2.38. The number of benzene rings is 1. The molecule has 1 saturated carbocycles. The van der Waals surface area contributed by atoms with Gasteiger partial charge in [0.05, 0.1) is 16.7 Å². The normalized spacial score (nSPS) is 21.6. The highest BCUT2D eigenvalue weighted by atomic mass is 35.5. The van der Waals surface area contributed by atoms with Crippen molar-refractivity contribution in [2.24, 2.45) is 11.3 Å². The Hall–Kier alpha value is -1.95. The lowest BCUT2D eigenvalue weighted by atomic mass is 9.89. The first-order chi connectivity index (χ1) is 12.7. The molecule has 2 aliphatic rings. The van der Waals surface area contributed by atoms with Crippen molar-refractivity contribution in [1.82, 2.24) is 9.80 Å². The van der Waals surface area contributed by atoms with Crippen LogP contribution in [0.3, 0.4) is 0 Å². The summed E-state index contributed by atoms with van der Waals surface area (Å²) in [5.74, 6) is 1.12. The molecule has 1 saturated heterocycles. The molecule has 3 rings (SSSR count). The SMILES string of the molecule is C[C@@H](CC1CC12CCN(C(=O)O)CC2)Oc1ccc(C(=O)N(C)C)c(Cl)c1. The Morgan fingerprint density at radius 3 is 2.59 bits per heavy atom. The van der Waals surface area contributed by atoms with E-state index in [1.165, 1.54) is 9.80 Å². The van der Waals surface area contributed by atoms with Crippen molar-refractivity contribution in [3.63, 3.8) is 0 Å². The van der Waals surface area contributed by atoms with E-state index >= 15 is 0 Å². The Bertz CT molecular complexity index is 729. The van der Waals surface area contributed by atoms with Crippen LogP contribution in [0.5, 0.6) is 5.75 Å². The monoisotopic (exact) mass is 394 g/mol. The first kappa shape index (κ1) is 19.8. The Labute approximate surface area is 165 Å². The molecule has 2 amide bonds. The van der Waals surface area contributed by atoms with Gasteiger partial charge in [-0.2, -0.15) is 0 Å². The van der Waals surface area contributed by atoms with E-state index in [4.69, 9.17) is 21.4 Å². The first-order valence-electron chi connectivity index (χ1n) is 9.37. The van der Waals surface area contributed by atoms with Crippen molar-refractivity contribution in [3.8, 4) is 5.75 Å². The Morgan fingerprint density at radius 1 is 1.37 bits per heavy atom. The van der Waals surface area contributed by atoms with Gasteiger partial charge in [0.15, 0.2) is 0 Å². The Morgan fingerprint density at radius 2 is 2.04 bits per heavy atom. The summed E-state index contributed by atoms with van der Waals surface area (Å²) in [6, 6.07) is 5.18. The van der Waals surface area contributed by atoms with Gasteiger partial charge in [0, 0.05) is 27.2 Å². The third kappa shape index (κ3) is 4.32. The fourth-order valence-electron chi connectivity index (χ4n) is 4.19. The number of halogens is 1. The van der Waals surface area contributed by atoms with Gasteiger partial charge in [-0.3, -0.25) is 4.79 Å². The van der Waals surface area contributed by atoms with E-state index in [1.54, 1.807) is 32.3 Å². The number of nitrogens with zero attached hydrogens (tertiary/aromatic N) is 2. The van der Waals surface area contributed by atoms with Crippen LogP contribution in [0.15, 0.2) is 18.2 Å². The molecule has 0 bridgehead atoms. The summed E-state index contributed by atoms with van der Waals surface area (Å²) in [5, 5.41) is 9.47. The summed E-state index contributed by atoms with van der Waals surface area (Å²) in [5.41, 5.74) is 0.774. The number of carboxylic acid groups (broad SMARTS) is 1. The fraction of sp³-hybridized carbons (Fsp3) is 0.600. The molecule has 0 aromatic heterocycles. The van der Waals surface area contributed by atoms with Crippen LogP contribution >= 0.6 is 11.6 Å². The Kier molecular flexibility index (Phi) is 5.56. The van der Waals surface area contributed by atoms with Crippen LogP contribution in [0.4, 0.5) is 4.79 Å². The van der Waals surface area contributed by atoms with Gasteiger partial charge in [0.2, 0.25) is 0 Å². The van der Waals surface area contributed by atoms with Crippen LogP contribution < -0.4 is 4.74 Å². The zero-order valence-corrected chi connectivity index (χ0v) is 16.8. The molecular formula is C20H27ClN2O4. The molecule has 0 radical (unpaired) electrons. The molecule has 1 aliphatic heterocycles. The van der Waals surface area contributed by atoms with Crippen molar-refractivity contribution in [2.45, 2.75) is 38.7 Å². The number of likely N-dealkylation sites (tertiary alicyclic amines) is 1. The maximum Gasteiger partial charge on any atom is 0.407 e. The minimum atomic E-state index is -0.813. The average molecular weight is 395 g/mol. The van der Waals surface area contributed by atoms with Gasteiger partial charge in [-0.15, -0.1) is 0 Å². The molecule has 2 fully saturated rings. The lowest BCUT2D eigenvalue weighted by molar-refractivity contribution is 0.0827. The molecule has 6 nitrogen and oxygen atoms in total. The summed E-state index contributed by atoms with van der Waals surface area (Å²) < 4.78 is 6.02. The summed E-state index contributed by atoms with van der Waals surface area (Å²) >= 11 is 6.25. The second kappa shape index (κ2) is 7.58. The number of hydrogen-bond donors (Lipinski definition) is 1. The third-order valence-corrected chi connectivity index (χ3v) is 6.23. The van der Waals surface area contributed by atoms with Gasteiger partial charge < -0.3 is 19.6 Å². The number of ether oxygens (including phenoxy) is 1. The van der Waals surface area contributed by atoms with Crippen LogP contribution in [-0.4, -0.2) is 60.2 Å². The molecule has 1 aliphatic carbocycles. The standard InChI is InChI=1S/C20H27ClN2O4/c1-13(10-14-12-20(14)6-8-23(9-7-20)19(25)26)27-15-4-5-16(17(21)11-15)18(24)22(2)3/h4-5,11,13-14H,6-10,12H2,1-3H3,(H,25,26)/t13-,14?/m0/s1. The fourth-order valence-corrected chi connectivity index (χ4v) is 4.44. The van der Waals surface area contributed by atoms with Gasteiger partial charge in [-0.25, -0.2) is 4.79 Å². The molecule has 1 heterocycles. The van der Waals surface area contributed by atoms with Gasteiger partial charge in [0.25, 0.3) is 5.91 Å². The van der Waals surface area contributed by atoms with Crippen LogP contribution in [-0.2, 0) is 0 Å². The molecule has 1 aromatic rings. The zero-order chi connectivity index (χ0) is 19.8. The maximum atomic E-state index is 12.0. The molecule has 7 heteroatoms. The van der Waals surface area contributed by atoms with Crippen molar-refractivity contribution >= 4 is 23.6 Å². The minimum Gasteiger partial charge on any atom is -0.491 e. The van der Waals surface area contributed by atoms with Crippen molar-refractivity contribution in [1.29, 1.82) is 0 Å². The highest BCUT2D eigenvalue weighted by Gasteiger charge is 2.55. The van der Waals surface area contributed by atoms with Crippen LogP contribution in [0, 0.1) is 11.3 Å². The molecule has 1 unspecified atom stereocenters. The Balaban J connectivity index is 1.52. The van der Waals surface area contributed by atoms with E-state index in [2.05, 4.69) is 0 Å². The van der Waals surface area contributed by atoms with Crippen molar-refractivity contribution < 1.29 is 19.4 Å². The highest BCUT2D eigenvalue weighted by molar-refractivity contribution is 6.34. The van der Waals surface area contributed by atoms with Gasteiger partial charge >= 0.3 is 6.09 Å². The smallest absolute Gasteiger partial charge is 0.407 e. The highest BCUT2D eigenvalue weighted by Crippen LogP contribution is 2.61. The lowest BCUT2D eigenvalue weighted by Gasteiger charge is -2.31. The van der Waals surface area contributed by atoms with E-state index in [1.807, 2.05) is 6.92 Å². The first-order valence-corrected chi connectivity index (χ1v) is 9.75. The quantitative estimate of drug-likeness (QED) is 0.820. The number of carbonyl (C=O) groups excluding carboxylic acids is 1. The third-order valence-electron chi connectivity index (χ3n) is 5.92. The predicted octanol–water partition coefficient (Wildman–Crippen LogP) is 3.98. The second-order valence-electron chi connectivity index (χ2n) is 8.04. The molecule has 1 aromatic carbocycles. The number of piperidine rings is 1. The molecule has 1 N–H and O–H groups in total. The maximum absolute atomic E-state index is 12.0. The number of carbonyl (C=O) groups is 2. The molecular weight excluding hydrogens is 368 g/mol. The van der Waals surface area contributed by atoms with E-state index < -0.39 is 6.09 Å². The number of amides is 2. The second-order valence-corrected chi connectivity index (χ2v) is 8.45. The minimum absolute atomic E-state index is 0.0401. The summed E-state index contributed by atoms with van der Waals surface area (Å²) in [7, 11) is 3.38. The van der Waals surface area contributed by atoms with Crippen molar-refractivity contribution in [2.75, 3.05) is 27.2 Å². The van der Waals surface area contributed by atoms with Crippen LogP contribution in [0.25, 0.3) is 0 Å². The molecule has 2 atom stereocenters. The van der Waals surface area contributed by atoms with E-state index in [0.717, 1.165) is 25.7 Å². The number of rotatable bonds is 5. The molecule has 148 valence electrons. The average Bonchev–Trinajstić information content (AvgIpc) is 3.25.